The molecule has 3 heterocycles. The number of rotatable bonds is 6. The third kappa shape index (κ3) is 5.12. The van der Waals surface area contributed by atoms with Crippen LogP contribution in [-0.2, 0) is 0 Å². The highest BCUT2D eigenvalue weighted by Gasteiger charge is 2.25. The maximum atomic E-state index is 7.04. The van der Waals surface area contributed by atoms with Crippen molar-refractivity contribution in [2.45, 2.75) is 0 Å². The van der Waals surface area contributed by atoms with Crippen LogP contribution in [0.2, 0.25) is 0 Å². The van der Waals surface area contributed by atoms with Gasteiger partial charge in [-0.1, -0.05) is 140 Å². The van der Waals surface area contributed by atoms with E-state index in [-0.39, 0.29) is 0 Å². The fourth-order valence-corrected chi connectivity index (χ4v) is 9.95. The lowest BCUT2D eigenvalue weighted by Crippen LogP contribution is -2.11. The van der Waals surface area contributed by atoms with E-state index in [0.717, 1.165) is 94.3 Å². The second-order valence-electron chi connectivity index (χ2n) is 14.8. The third-order valence-corrected chi connectivity index (χ3v) is 12.6. The molecule has 3 nitrogen and oxygen atoms in total. The molecule has 0 atom stereocenters. The number of nitrogens with zero attached hydrogens (tertiary/aromatic N) is 1. The second-order valence-corrected chi connectivity index (χ2v) is 15.9. The SMILES string of the molecule is c1ccc(-c2ccc3c(c2)oc2c(-c4ccccc4)ccc(N(c4ccc5oc6c(-c7ccccc7)cccc6c5c4)c4cccc5sc6ccccc6c45)c23)cc1. The molecule has 0 saturated heterocycles. The molecule has 0 amide bonds. The highest BCUT2D eigenvalue weighted by Crippen LogP contribution is 2.51. The normalized spacial score (nSPS) is 11.8. The average Bonchev–Trinajstić information content (AvgIpc) is 3.99. The Morgan fingerprint density at radius 1 is 0.345 bits per heavy atom. The summed E-state index contributed by atoms with van der Waals surface area (Å²) < 4.78 is 16.2. The van der Waals surface area contributed by atoms with Crippen LogP contribution in [0.1, 0.15) is 0 Å². The van der Waals surface area contributed by atoms with E-state index >= 15 is 0 Å². The summed E-state index contributed by atoms with van der Waals surface area (Å²) in [5.74, 6) is 0. The monoisotopic (exact) mass is 759 g/mol. The molecule has 0 aliphatic carbocycles. The van der Waals surface area contributed by atoms with Gasteiger partial charge in [0.25, 0.3) is 0 Å². The number of fused-ring (bicyclic) bond motifs is 9. The van der Waals surface area contributed by atoms with E-state index in [2.05, 4.69) is 205 Å². The quantitative estimate of drug-likeness (QED) is 0.169. The molecular weight excluding hydrogens is 727 g/mol. The molecule has 0 spiro atoms. The number of anilines is 3. The summed E-state index contributed by atoms with van der Waals surface area (Å²) in [6, 6.07) is 71.3. The van der Waals surface area contributed by atoms with Gasteiger partial charge in [0.15, 0.2) is 0 Å². The molecule has 0 radical (unpaired) electrons. The van der Waals surface area contributed by atoms with E-state index in [1.165, 1.54) is 20.2 Å². The largest absolute Gasteiger partial charge is 0.455 e. The molecule has 0 N–H and O–H groups in total. The number of para-hydroxylation sites is 1. The zero-order valence-electron chi connectivity index (χ0n) is 31.2. The topological polar surface area (TPSA) is 29.5 Å². The predicted molar refractivity (Wildman–Crippen MR) is 245 cm³/mol. The summed E-state index contributed by atoms with van der Waals surface area (Å²) in [4.78, 5) is 2.44. The summed E-state index contributed by atoms with van der Waals surface area (Å²) in [5, 5.41) is 6.76. The molecule has 0 saturated carbocycles. The lowest BCUT2D eigenvalue weighted by Gasteiger charge is -2.27. The molecule has 0 unspecified atom stereocenters. The van der Waals surface area contributed by atoms with Crippen LogP contribution >= 0.6 is 11.3 Å². The van der Waals surface area contributed by atoms with Crippen LogP contribution in [0.4, 0.5) is 17.1 Å². The highest BCUT2D eigenvalue weighted by atomic mass is 32.1. The van der Waals surface area contributed by atoms with Crippen LogP contribution < -0.4 is 4.90 Å². The molecule has 0 fully saturated rings. The molecule has 0 aliphatic heterocycles. The van der Waals surface area contributed by atoms with E-state index in [1.54, 1.807) is 0 Å². The minimum atomic E-state index is 0.852. The van der Waals surface area contributed by atoms with Crippen molar-refractivity contribution in [2.24, 2.45) is 0 Å². The Labute approximate surface area is 338 Å². The molecule has 12 rings (SSSR count). The maximum Gasteiger partial charge on any atom is 0.145 e. The summed E-state index contributed by atoms with van der Waals surface area (Å²) >= 11 is 1.84. The maximum absolute atomic E-state index is 7.04. The van der Waals surface area contributed by atoms with E-state index in [9.17, 15) is 0 Å². The Morgan fingerprint density at radius 2 is 0.983 bits per heavy atom. The Balaban J connectivity index is 1.17. The molecule has 3 aromatic heterocycles. The van der Waals surface area contributed by atoms with Gasteiger partial charge in [-0.15, -0.1) is 11.3 Å². The van der Waals surface area contributed by atoms with Crippen molar-refractivity contribution in [3.05, 3.63) is 200 Å². The van der Waals surface area contributed by atoms with Gasteiger partial charge in [-0.25, -0.2) is 0 Å². The minimum absolute atomic E-state index is 0.852. The first-order valence-corrected chi connectivity index (χ1v) is 20.4. The Kier molecular flexibility index (Phi) is 7.40. The highest BCUT2D eigenvalue weighted by molar-refractivity contribution is 7.26. The first-order chi connectivity index (χ1) is 28.8. The van der Waals surface area contributed by atoms with Crippen molar-refractivity contribution in [3.63, 3.8) is 0 Å². The molecular formula is C54H33NO2S. The van der Waals surface area contributed by atoms with Crippen molar-refractivity contribution in [2.75, 3.05) is 4.90 Å². The van der Waals surface area contributed by atoms with E-state index in [1.807, 2.05) is 11.3 Å². The first kappa shape index (κ1) is 32.8. The van der Waals surface area contributed by atoms with Gasteiger partial charge in [0, 0.05) is 53.1 Å². The van der Waals surface area contributed by atoms with Crippen molar-refractivity contribution >= 4 is 92.4 Å². The number of hydrogen-bond donors (Lipinski definition) is 0. The van der Waals surface area contributed by atoms with Crippen LogP contribution in [0.3, 0.4) is 0 Å². The minimum Gasteiger partial charge on any atom is -0.455 e. The molecule has 9 aromatic carbocycles. The fourth-order valence-electron chi connectivity index (χ4n) is 8.82. The molecule has 0 aliphatic rings. The lowest BCUT2D eigenvalue weighted by atomic mass is 9.98. The average molecular weight is 760 g/mol. The van der Waals surface area contributed by atoms with Gasteiger partial charge >= 0.3 is 0 Å². The van der Waals surface area contributed by atoms with E-state index in [0.29, 0.717) is 0 Å². The van der Waals surface area contributed by atoms with Crippen molar-refractivity contribution in [1.29, 1.82) is 0 Å². The Bertz CT molecular complexity index is 3510. The zero-order chi connectivity index (χ0) is 38.2. The van der Waals surface area contributed by atoms with Crippen LogP contribution in [0, 0.1) is 0 Å². The smallest absolute Gasteiger partial charge is 0.145 e. The summed E-state index contributed by atoms with van der Waals surface area (Å²) in [6.07, 6.45) is 0. The summed E-state index contributed by atoms with van der Waals surface area (Å²) in [6.45, 7) is 0. The van der Waals surface area contributed by atoms with Gasteiger partial charge in [-0.2, -0.15) is 0 Å². The van der Waals surface area contributed by atoms with Gasteiger partial charge in [0.2, 0.25) is 0 Å². The zero-order valence-corrected chi connectivity index (χ0v) is 32.0. The Hall–Kier alpha value is -7.40. The third-order valence-electron chi connectivity index (χ3n) is 11.5. The Morgan fingerprint density at radius 3 is 1.78 bits per heavy atom. The number of furan rings is 2. The first-order valence-electron chi connectivity index (χ1n) is 19.6. The van der Waals surface area contributed by atoms with Gasteiger partial charge < -0.3 is 13.7 Å². The lowest BCUT2D eigenvalue weighted by molar-refractivity contribution is 0.669. The molecule has 4 heteroatoms. The predicted octanol–water partition coefficient (Wildman–Crippen LogP) is 16.3. The standard InChI is InChI=1S/C54H33NO2S/c1-4-14-34(15-5-1)37-26-28-42-48(32-37)57-54-40(36-18-8-3-9-19-36)29-30-46(52(42)54)55(45-23-13-25-50-51(45)43-20-10-11-24-49(43)58-50)38-27-31-47-44(33-38)41-22-12-21-39(53(41)56-47)35-16-6-2-7-17-35/h1-33H. The van der Waals surface area contributed by atoms with E-state index < -0.39 is 0 Å². The van der Waals surface area contributed by atoms with Gasteiger partial charge in [-0.05, 0) is 82.9 Å². The molecule has 272 valence electrons. The number of hydrogen-bond acceptors (Lipinski definition) is 4. The summed E-state index contributed by atoms with van der Waals surface area (Å²) in [7, 11) is 0. The molecule has 58 heavy (non-hydrogen) atoms. The van der Waals surface area contributed by atoms with Crippen LogP contribution in [0.25, 0.3) is 97.4 Å². The molecule has 0 bridgehead atoms. The number of benzene rings is 9. The molecule has 12 aromatic rings. The van der Waals surface area contributed by atoms with Crippen LogP contribution in [0.15, 0.2) is 209 Å². The van der Waals surface area contributed by atoms with Gasteiger partial charge in [0.1, 0.15) is 22.3 Å². The second kappa shape index (κ2) is 13.1. The van der Waals surface area contributed by atoms with Crippen LogP contribution in [-0.4, -0.2) is 0 Å². The van der Waals surface area contributed by atoms with Gasteiger partial charge in [-0.3, -0.25) is 0 Å². The van der Waals surface area contributed by atoms with Crippen molar-refractivity contribution < 1.29 is 8.83 Å². The van der Waals surface area contributed by atoms with E-state index in [4.69, 9.17) is 8.83 Å². The van der Waals surface area contributed by atoms with Gasteiger partial charge in [0.05, 0.1) is 16.8 Å². The van der Waals surface area contributed by atoms with Crippen LogP contribution in [0.5, 0.6) is 0 Å². The van der Waals surface area contributed by atoms with Crippen molar-refractivity contribution in [3.8, 4) is 33.4 Å². The fraction of sp³-hybridized carbons (Fsp3) is 0. The summed E-state index contributed by atoms with van der Waals surface area (Å²) in [5.41, 5.74) is 13.3. The van der Waals surface area contributed by atoms with Crippen molar-refractivity contribution in [1.82, 2.24) is 0 Å². The number of thiophene rings is 1.